The quantitative estimate of drug-likeness (QED) is 0.249. The summed E-state index contributed by atoms with van der Waals surface area (Å²) in [4.78, 5) is 21.4. The zero-order valence-corrected chi connectivity index (χ0v) is 23.4. The van der Waals surface area contributed by atoms with Gasteiger partial charge >= 0.3 is 0 Å². The fourth-order valence-electron chi connectivity index (χ4n) is 4.41. The molecule has 0 unspecified atom stereocenters. The number of nitrogens with two attached hydrogens (primary N) is 1. The molecule has 2 N–H and O–H groups in total. The van der Waals surface area contributed by atoms with Crippen molar-refractivity contribution in [3.05, 3.63) is 83.2 Å². The van der Waals surface area contributed by atoms with E-state index >= 15 is 0 Å². The Morgan fingerprint density at radius 3 is 1.84 bits per heavy atom. The number of hydrogen-bond acceptors (Lipinski definition) is 4. The maximum absolute atomic E-state index is 14.2. The van der Waals surface area contributed by atoms with Gasteiger partial charge in [-0.1, -0.05) is 71.2 Å². The topological polar surface area (TPSA) is 68.9 Å². The summed E-state index contributed by atoms with van der Waals surface area (Å²) in [6.45, 7) is 9.69. The number of benzene rings is 2. The van der Waals surface area contributed by atoms with Crippen LogP contribution in [0, 0.1) is 11.6 Å². The van der Waals surface area contributed by atoms with Gasteiger partial charge in [-0.25, -0.2) is 13.8 Å². The molecule has 4 nitrogen and oxygen atoms in total. The number of Topliss-reactive ketones (excluding diaryl/α,β-unsaturated/α-hetero) is 1. The molecule has 0 aliphatic carbocycles. The molecule has 0 aliphatic rings. The molecule has 0 spiro atoms. The molecule has 0 amide bonds. The van der Waals surface area contributed by atoms with Crippen molar-refractivity contribution in [1.29, 1.82) is 0 Å². The highest BCUT2D eigenvalue weighted by atomic mass is 19.1. The lowest BCUT2D eigenvalue weighted by Crippen LogP contribution is -2.05. The van der Waals surface area contributed by atoms with Crippen LogP contribution in [0.1, 0.15) is 75.4 Å². The van der Waals surface area contributed by atoms with Crippen molar-refractivity contribution in [3.63, 3.8) is 0 Å². The van der Waals surface area contributed by atoms with Gasteiger partial charge in [0, 0.05) is 34.5 Å². The van der Waals surface area contributed by atoms with E-state index in [0.29, 0.717) is 35.0 Å². The molecule has 0 radical (unpaired) electrons. The number of halogens is 2. The molecule has 0 fully saturated rings. The monoisotopic (exact) mass is 519 g/mol. The minimum Gasteiger partial charge on any atom is -0.333 e. The first-order chi connectivity index (χ1) is 18.4. The average Bonchev–Trinajstić information content (AvgIpc) is 2.93. The number of aromatic nitrogens is 2. The van der Waals surface area contributed by atoms with Crippen LogP contribution in [0.2, 0.25) is 0 Å². The molecular formula is C32H39F2N3O. The van der Waals surface area contributed by atoms with Crippen molar-refractivity contribution in [1.82, 2.24) is 9.97 Å². The number of pyridine rings is 2. The zero-order valence-electron chi connectivity index (χ0n) is 23.4. The lowest BCUT2D eigenvalue weighted by atomic mass is 9.93. The summed E-state index contributed by atoms with van der Waals surface area (Å²) in [6.07, 6.45) is 8.35. The summed E-state index contributed by atoms with van der Waals surface area (Å²) in [5, 5.41) is 0.745. The third-order valence-electron chi connectivity index (χ3n) is 6.29. The summed E-state index contributed by atoms with van der Waals surface area (Å²) < 4.78 is 28.4. The summed E-state index contributed by atoms with van der Waals surface area (Å²) in [7, 11) is 1.50. The molecule has 2 heterocycles. The minimum absolute atomic E-state index is 0.0305. The predicted octanol–water partition coefficient (Wildman–Crippen LogP) is 8.34. The molecule has 38 heavy (non-hydrogen) atoms. The van der Waals surface area contributed by atoms with E-state index in [1.807, 2.05) is 31.2 Å². The Bertz CT molecular complexity index is 1330. The Labute approximate surface area is 225 Å². The number of carbonyl (C=O) groups excluding carboxylic acids is 1. The molecule has 202 valence electrons. The van der Waals surface area contributed by atoms with E-state index in [-0.39, 0.29) is 11.3 Å². The smallest absolute Gasteiger partial charge is 0.160 e. The summed E-state index contributed by atoms with van der Waals surface area (Å²) in [5.41, 5.74) is 9.57. The van der Waals surface area contributed by atoms with Gasteiger partial charge in [0.2, 0.25) is 0 Å². The van der Waals surface area contributed by atoms with Crippen molar-refractivity contribution >= 4 is 16.7 Å². The van der Waals surface area contributed by atoms with Crippen molar-refractivity contribution in [2.75, 3.05) is 7.05 Å². The number of hydrogen-bond donors (Lipinski definition) is 1. The van der Waals surface area contributed by atoms with Gasteiger partial charge in [0.25, 0.3) is 0 Å². The van der Waals surface area contributed by atoms with Crippen LogP contribution in [-0.2, 0) is 12.8 Å². The number of nitrogens with zero attached hydrogens (tertiary/aromatic N) is 2. The van der Waals surface area contributed by atoms with E-state index in [9.17, 15) is 13.6 Å². The van der Waals surface area contributed by atoms with Gasteiger partial charge in [0.15, 0.2) is 5.78 Å². The molecule has 0 aliphatic heterocycles. The second-order valence-electron chi connectivity index (χ2n) is 8.82. The highest BCUT2D eigenvalue weighted by Gasteiger charge is 2.18. The van der Waals surface area contributed by atoms with E-state index in [0.717, 1.165) is 22.2 Å². The fraction of sp³-hybridized carbons (Fsp3) is 0.344. The van der Waals surface area contributed by atoms with Crippen LogP contribution in [-0.4, -0.2) is 22.8 Å². The van der Waals surface area contributed by atoms with Crippen LogP contribution in [0.15, 0.2) is 54.9 Å². The Morgan fingerprint density at radius 2 is 1.37 bits per heavy atom. The number of carbonyl (C=O) groups is 1. The lowest BCUT2D eigenvalue weighted by Gasteiger charge is -2.15. The molecule has 0 atom stereocenters. The van der Waals surface area contributed by atoms with Crippen LogP contribution < -0.4 is 5.73 Å². The van der Waals surface area contributed by atoms with Gasteiger partial charge in [-0.3, -0.25) is 9.78 Å². The third kappa shape index (κ3) is 7.07. The predicted molar refractivity (Wildman–Crippen MR) is 154 cm³/mol. The van der Waals surface area contributed by atoms with Gasteiger partial charge in [0.1, 0.15) is 11.6 Å². The normalized spacial score (nSPS) is 10.3. The van der Waals surface area contributed by atoms with Gasteiger partial charge in [-0.15, -0.1) is 0 Å². The van der Waals surface area contributed by atoms with E-state index in [4.69, 9.17) is 4.98 Å². The molecule has 6 heteroatoms. The van der Waals surface area contributed by atoms with E-state index in [1.54, 1.807) is 32.3 Å². The molecule has 2 aromatic heterocycles. The number of unbranched alkanes of at least 4 members (excludes halogenated alkanes) is 2. The van der Waals surface area contributed by atoms with Gasteiger partial charge in [0.05, 0.1) is 11.2 Å². The van der Waals surface area contributed by atoms with Crippen LogP contribution in [0.4, 0.5) is 8.78 Å². The average molecular weight is 520 g/mol. The minimum atomic E-state index is -0.536. The van der Waals surface area contributed by atoms with Crippen LogP contribution in [0.3, 0.4) is 0 Å². The van der Waals surface area contributed by atoms with Crippen LogP contribution in [0.25, 0.3) is 33.3 Å². The van der Waals surface area contributed by atoms with Gasteiger partial charge in [-0.2, -0.15) is 0 Å². The Balaban J connectivity index is 0.000000651. The first-order valence-electron chi connectivity index (χ1n) is 13.3. The highest BCUT2D eigenvalue weighted by molar-refractivity contribution is 6.08. The van der Waals surface area contributed by atoms with Crippen LogP contribution in [0.5, 0.6) is 0 Å². The molecule has 4 aromatic rings. The molecule has 2 aromatic carbocycles. The summed E-state index contributed by atoms with van der Waals surface area (Å²) >= 11 is 0. The molecule has 0 bridgehead atoms. The zero-order chi connectivity index (χ0) is 28.2. The van der Waals surface area contributed by atoms with Crippen molar-refractivity contribution in [2.24, 2.45) is 5.73 Å². The van der Waals surface area contributed by atoms with Crippen molar-refractivity contribution in [2.45, 2.75) is 66.7 Å². The second kappa shape index (κ2) is 15.0. The maximum atomic E-state index is 14.2. The Kier molecular flexibility index (Phi) is 12.2. The third-order valence-corrected chi connectivity index (χ3v) is 6.29. The fourth-order valence-corrected chi connectivity index (χ4v) is 4.41. The molecule has 0 saturated heterocycles. The second-order valence-corrected chi connectivity index (χ2v) is 8.82. The molecule has 4 rings (SSSR count). The van der Waals surface area contributed by atoms with Gasteiger partial charge < -0.3 is 5.73 Å². The van der Waals surface area contributed by atoms with E-state index in [1.165, 1.54) is 38.4 Å². The highest BCUT2D eigenvalue weighted by Crippen LogP contribution is 2.32. The van der Waals surface area contributed by atoms with Crippen LogP contribution >= 0.6 is 0 Å². The first-order valence-corrected chi connectivity index (χ1v) is 13.3. The number of fused-ring (bicyclic) bond motifs is 1. The first kappa shape index (κ1) is 30.7. The number of ketones is 1. The van der Waals surface area contributed by atoms with Gasteiger partial charge in [-0.05, 0) is 61.7 Å². The van der Waals surface area contributed by atoms with Crippen molar-refractivity contribution < 1.29 is 13.6 Å². The van der Waals surface area contributed by atoms with E-state index in [2.05, 4.69) is 24.6 Å². The lowest BCUT2D eigenvalue weighted by molar-refractivity contribution is 0.101. The standard InChI is InChI=1S/C26H22F2N2O.C5H12.CH5N/c1-4-19-22(27)12-18(13-23(19)28)16-6-8-17(9-7-16)26-20(5-2)25(15(3)31)21-14-29-11-10-24(21)30-26;1-3-5-4-2;1-2/h6-14H,4-5H2,1-3H3;3-5H2,1-2H3;2H2,1H3. The Hall–Kier alpha value is -3.51. The SMILES string of the molecule is CCCCC.CCc1c(F)cc(-c2ccc(-c3nc4ccncc4c(C(C)=O)c3CC)cc2)cc1F.CN. The van der Waals surface area contributed by atoms with Crippen molar-refractivity contribution in [3.8, 4) is 22.4 Å². The largest absolute Gasteiger partial charge is 0.333 e. The Morgan fingerprint density at radius 1 is 0.816 bits per heavy atom. The van der Waals surface area contributed by atoms with E-state index < -0.39 is 11.6 Å². The molecular weight excluding hydrogens is 480 g/mol. The maximum Gasteiger partial charge on any atom is 0.160 e. The molecule has 0 saturated carbocycles. The summed E-state index contributed by atoms with van der Waals surface area (Å²) in [6, 6.07) is 11.9. The summed E-state index contributed by atoms with van der Waals surface area (Å²) in [5.74, 6) is -1.10. The number of rotatable bonds is 7.